The summed E-state index contributed by atoms with van der Waals surface area (Å²) in [5.74, 6) is 1.22. The number of benzene rings is 1. The molecule has 2 heteroatoms. The van der Waals surface area contributed by atoms with Crippen LogP contribution in [0.1, 0.15) is 30.9 Å². The topological polar surface area (TPSA) is 12.0 Å². The average Bonchev–Trinajstić information content (AvgIpc) is 2.26. The summed E-state index contributed by atoms with van der Waals surface area (Å²) >= 11 is 1.98. The lowest BCUT2D eigenvalue weighted by molar-refractivity contribution is 0.559. The van der Waals surface area contributed by atoms with Gasteiger partial charge in [0.15, 0.2) is 0 Å². The summed E-state index contributed by atoms with van der Waals surface area (Å²) in [6.07, 6.45) is 2.54. The van der Waals surface area contributed by atoms with Crippen LogP contribution in [0.5, 0.6) is 0 Å². The van der Waals surface area contributed by atoms with Gasteiger partial charge in [0.2, 0.25) is 0 Å². The van der Waals surface area contributed by atoms with Gasteiger partial charge in [0, 0.05) is 10.9 Å². The lowest BCUT2D eigenvalue weighted by Gasteiger charge is -2.10. The predicted octanol–water partition coefficient (Wildman–Crippen LogP) is 3.78. The van der Waals surface area contributed by atoms with Crippen molar-refractivity contribution in [2.45, 2.75) is 44.6 Å². The molecule has 1 atom stereocenters. The fourth-order valence-corrected chi connectivity index (χ4v) is 2.66. The van der Waals surface area contributed by atoms with E-state index < -0.39 is 0 Å². The summed E-state index contributed by atoms with van der Waals surface area (Å²) in [5.41, 5.74) is 2.76. The Morgan fingerprint density at radius 3 is 2.69 bits per heavy atom. The summed E-state index contributed by atoms with van der Waals surface area (Å²) in [4.78, 5) is 1.43. The van der Waals surface area contributed by atoms with Crippen molar-refractivity contribution in [1.82, 2.24) is 5.32 Å². The second kappa shape index (κ2) is 6.97. The van der Waals surface area contributed by atoms with Crippen LogP contribution >= 0.6 is 11.8 Å². The van der Waals surface area contributed by atoms with Crippen LogP contribution in [0.25, 0.3) is 0 Å². The third-order valence-corrected chi connectivity index (χ3v) is 4.12. The molecule has 0 radical (unpaired) electrons. The molecular formula is C14H23NS. The molecule has 0 amide bonds. The highest BCUT2D eigenvalue weighted by molar-refractivity contribution is 7.99. The molecule has 90 valence electrons. The lowest BCUT2D eigenvalue weighted by atomic mass is 10.2. The second-order valence-corrected chi connectivity index (χ2v) is 5.59. The highest BCUT2D eigenvalue weighted by Crippen LogP contribution is 2.24. The van der Waals surface area contributed by atoms with E-state index in [9.17, 15) is 0 Å². The maximum absolute atomic E-state index is 3.27. The van der Waals surface area contributed by atoms with E-state index in [0.29, 0.717) is 6.04 Å². The third-order valence-electron chi connectivity index (χ3n) is 2.86. The Morgan fingerprint density at radius 2 is 2.06 bits per heavy atom. The Kier molecular flexibility index (Phi) is 5.93. The molecule has 0 spiro atoms. The fraction of sp³-hybridized carbons (Fsp3) is 0.571. The molecule has 0 bridgehead atoms. The maximum atomic E-state index is 3.27. The predicted molar refractivity (Wildman–Crippen MR) is 74.4 cm³/mol. The van der Waals surface area contributed by atoms with Crippen LogP contribution in [0.15, 0.2) is 23.1 Å². The smallest absolute Gasteiger partial charge is 0.0101 e. The minimum Gasteiger partial charge on any atom is -0.317 e. The molecule has 1 N–H and O–H groups in total. The zero-order valence-electron chi connectivity index (χ0n) is 10.8. The third kappa shape index (κ3) is 4.58. The molecular weight excluding hydrogens is 214 g/mol. The standard InChI is InChI=1S/C14H23NS/c1-11-7-8-14(12(2)10-11)16-9-5-6-13(3)15-4/h7-8,10,13,15H,5-6,9H2,1-4H3. The van der Waals surface area contributed by atoms with Crippen molar-refractivity contribution in [3.8, 4) is 0 Å². The maximum Gasteiger partial charge on any atom is 0.0101 e. The molecule has 1 rings (SSSR count). The number of aryl methyl sites for hydroxylation is 2. The molecule has 16 heavy (non-hydrogen) atoms. The molecule has 0 aliphatic rings. The molecule has 1 nitrogen and oxygen atoms in total. The first-order valence-electron chi connectivity index (χ1n) is 6.01. The summed E-state index contributed by atoms with van der Waals surface area (Å²) in [7, 11) is 2.03. The van der Waals surface area contributed by atoms with Crippen LogP contribution in [-0.4, -0.2) is 18.8 Å². The van der Waals surface area contributed by atoms with Crippen molar-refractivity contribution in [2.24, 2.45) is 0 Å². The number of hydrogen-bond donors (Lipinski definition) is 1. The van der Waals surface area contributed by atoms with E-state index in [4.69, 9.17) is 0 Å². The van der Waals surface area contributed by atoms with Crippen molar-refractivity contribution in [3.63, 3.8) is 0 Å². The zero-order valence-corrected chi connectivity index (χ0v) is 11.7. The molecule has 1 aromatic carbocycles. The van der Waals surface area contributed by atoms with Crippen molar-refractivity contribution >= 4 is 11.8 Å². The minimum atomic E-state index is 0.639. The van der Waals surface area contributed by atoms with E-state index in [-0.39, 0.29) is 0 Å². The van der Waals surface area contributed by atoms with Gasteiger partial charge in [-0.25, -0.2) is 0 Å². The van der Waals surface area contributed by atoms with Crippen molar-refractivity contribution in [3.05, 3.63) is 29.3 Å². The summed E-state index contributed by atoms with van der Waals surface area (Å²) in [6, 6.07) is 7.35. The van der Waals surface area contributed by atoms with E-state index in [2.05, 4.69) is 44.3 Å². The van der Waals surface area contributed by atoms with Crippen LogP contribution in [0.4, 0.5) is 0 Å². The lowest BCUT2D eigenvalue weighted by Crippen LogP contribution is -2.20. The number of nitrogens with one attached hydrogen (secondary N) is 1. The number of hydrogen-bond acceptors (Lipinski definition) is 2. The van der Waals surface area contributed by atoms with E-state index in [0.717, 1.165) is 0 Å². The largest absolute Gasteiger partial charge is 0.317 e. The number of rotatable bonds is 6. The monoisotopic (exact) mass is 237 g/mol. The van der Waals surface area contributed by atoms with Crippen LogP contribution < -0.4 is 5.32 Å². The molecule has 0 saturated heterocycles. The summed E-state index contributed by atoms with van der Waals surface area (Å²) in [6.45, 7) is 6.59. The van der Waals surface area contributed by atoms with Gasteiger partial charge in [0.25, 0.3) is 0 Å². The second-order valence-electron chi connectivity index (χ2n) is 4.45. The van der Waals surface area contributed by atoms with Gasteiger partial charge in [0.05, 0.1) is 0 Å². The van der Waals surface area contributed by atoms with Crippen LogP contribution in [0.3, 0.4) is 0 Å². The SMILES string of the molecule is CNC(C)CCCSc1ccc(C)cc1C. The fourth-order valence-electron chi connectivity index (χ4n) is 1.68. The summed E-state index contributed by atoms with van der Waals surface area (Å²) in [5, 5.41) is 3.27. The highest BCUT2D eigenvalue weighted by atomic mass is 32.2. The first-order chi connectivity index (χ1) is 7.63. The average molecular weight is 237 g/mol. The molecule has 0 heterocycles. The molecule has 0 aromatic heterocycles. The molecule has 0 aliphatic heterocycles. The zero-order chi connectivity index (χ0) is 12.0. The van der Waals surface area contributed by atoms with Crippen molar-refractivity contribution in [1.29, 1.82) is 0 Å². The Bertz CT molecular complexity index is 323. The Morgan fingerprint density at radius 1 is 1.31 bits per heavy atom. The van der Waals surface area contributed by atoms with E-state index in [1.807, 2.05) is 18.8 Å². The van der Waals surface area contributed by atoms with Gasteiger partial charge in [-0.1, -0.05) is 17.7 Å². The normalized spacial score (nSPS) is 12.8. The van der Waals surface area contributed by atoms with Gasteiger partial charge in [-0.2, -0.15) is 0 Å². The van der Waals surface area contributed by atoms with E-state index in [1.165, 1.54) is 34.6 Å². The first kappa shape index (κ1) is 13.6. The van der Waals surface area contributed by atoms with Crippen LogP contribution in [0, 0.1) is 13.8 Å². The minimum absolute atomic E-state index is 0.639. The Labute approximate surface area is 104 Å². The Hall–Kier alpha value is -0.470. The molecule has 1 unspecified atom stereocenters. The van der Waals surface area contributed by atoms with Gasteiger partial charge in [-0.15, -0.1) is 11.8 Å². The Balaban J connectivity index is 2.32. The first-order valence-corrected chi connectivity index (χ1v) is 6.99. The number of thioether (sulfide) groups is 1. The van der Waals surface area contributed by atoms with Gasteiger partial charge >= 0.3 is 0 Å². The van der Waals surface area contributed by atoms with Crippen LogP contribution in [0.2, 0.25) is 0 Å². The van der Waals surface area contributed by atoms with E-state index in [1.54, 1.807) is 0 Å². The summed E-state index contributed by atoms with van der Waals surface area (Å²) < 4.78 is 0. The quantitative estimate of drug-likeness (QED) is 0.597. The van der Waals surface area contributed by atoms with Gasteiger partial charge in [-0.3, -0.25) is 0 Å². The molecule has 1 aromatic rings. The van der Waals surface area contributed by atoms with Gasteiger partial charge in [-0.05, 0) is 58.0 Å². The highest BCUT2D eigenvalue weighted by Gasteiger charge is 2.01. The van der Waals surface area contributed by atoms with Gasteiger partial charge in [0.1, 0.15) is 0 Å². The molecule has 0 saturated carbocycles. The van der Waals surface area contributed by atoms with E-state index >= 15 is 0 Å². The molecule has 0 aliphatic carbocycles. The van der Waals surface area contributed by atoms with Crippen LogP contribution in [-0.2, 0) is 0 Å². The van der Waals surface area contributed by atoms with Crippen molar-refractivity contribution < 1.29 is 0 Å². The van der Waals surface area contributed by atoms with Gasteiger partial charge < -0.3 is 5.32 Å². The van der Waals surface area contributed by atoms with Crippen molar-refractivity contribution in [2.75, 3.05) is 12.8 Å². The molecule has 0 fully saturated rings.